The number of nitrogens with one attached hydrogen (secondary N) is 1. The fourth-order valence-corrected chi connectivity index (χ4v) is 5.27. The minimum atomic E-state index is -0.723. The number of rotatable bonds is 6. The maximum atomic E-state index is 13.2. The predicted molar refractivity (Wildman–Crippen MR) is 125 cm³/mol. The van der Waals surface area contributed by atoms with E-state index in [0.29, 0.717) is 30.6 Å². The van der Waals surface area contributed by atoms with Crippen LogP contribution in [0.15, 0.2) is 36.4 Å². The summed E-state index contributed by atoms with van der Waals surface area (Å²) in [6.45, 7) is 9.06. The molecule has 0 saturated carbocycles. The Kier molecular flexibility index (Phi) is 5.80. The second-order valence-electron chi connectivity index (χ2n) is 9.15. The summed E-state index contributed by atoms with van der Waals surface area (Å²) in [4.78, 5) is 41.9. The van der Waals surface area contributed by atoms with Crippen molar-refractivity contribution in [3.8, 4) is 0 Å². The maximum Gasteiger partial charge on any atom is 0.257 e. The molecule has 2 aliphatic heterocycles. The molecule has 2 aliphatic rings. The molecule has 6 heteroatoms. The van der Waals surface area contributed by atoms with Gasteiger partial charge in [-0.15, -0.1) is 0 Å². The van der Waals surface area contributed by atoms with Crippen LogP contribution in [-0.4, -0.2) is 41.4 Å². The van der Waals surface area contributed by atoms with Gasteiger partial charge in [0, 0.05) is 25.9 Å². The van der Waals surface area contributed by atoms with Gasteiger partial charge in [0.05, 0.1) is 11.3 Å². The van der Waals surface area contributed by atoms with Gasteiger partial charge < -0.3 is 10.2 Å². The zero-order valence-corrected chi connectivity index (χ0v) is 19.3. The summed E-state index contributed by atoms with van der Waals surface area (Å²) >= 11 is 0. The SMILES string of the molecule is Cc1cc(C)c(CCNC(=O)CCN2C(=O)c3ccccc3N3C(=O)CCC23C)c(C)c1. The fourth-order valence-electron chi connectivity index (χ4n) is 5.27. The normalized spacial score (nSPS) is 19.8. The van der Waals surface area contributed by atoms with Crippen LogP contribution in [0.2, 0.25) is 0 Å². The summed E-state index contributed by atoms with van der Waals surface area (Å²) < 4.78 is 0. The maximum absolute atomic E-state index is 13.2. The minimum Gasteiger partial charge on any atom is -0.356 e. The van der Waals surface area contributed by atoms with E-state index in [9.17, 15) is 14.4 Å². The summed E-state index contributed by atoms with van der Waals surface area (Å²) in [5.74, 6) is -0.183. The zero-order valence-electron chi connectivity index (χ0n) is 19.3. The second-order valence-corrected chi connectivity index (χ2v) is 9.15. The Bertz CT molecular complexity index is 1070. The van der Waals surface area contributed by atoms with Gasteiger partial charge in [-0.3, -0.25) is 19.3 Å². The molecule has 1 N–H and O–H groups in total. The number of amides is 3. The number of para-hydroxylation sites is 1. The van der Waals surface area contributed by atoms with E-state index in [4.69, 9.17) is 0 Å². The van der Waals surface area contributed by atoms with Crippen molar-refractivity contribution in [2.24, 2.45) is 0 Å². The van der Waals surface area contributed by atoms with Gasteiger partial charge >= 0.3 is 0 Å². The third kappa shape index (κ3) is 3.78. The van der Waals surface area contributed by atoms with E-state index in [1.165, 1.54) is 22.3 Å². The first-order valence-electron chi connectivity index (χ1n) is 11.3. The minimum absolute atomic E-state index is 0.0192. The molecular weight excluding hydrogens is 402 g/mol. The lowest BCUT2D eigenvalue weighted by Crippen LogP contribution is -2.62. The molecule has 1 saturated heterocycles. The number of benzene rings is 2. The molecule has 6 nitrogen and oxygen atoms in total. The van der Waals surface area contributed by atoms with Crippen molar-refractivity contribution in [1.29, 1.82) is 0 Å². The van der Waals surface area contributed by atoms with Gasteiger partial charge in [-0.1, -0.05) is 29.8 Å². The molecule has 2 aromatic carbocycles. The number of hydrogen-bond donors (Lipinski definition) is 1. The van der Waals surface area contributed by atoms with Gasteiger partial charge in [0.25, 0.3) is 5.91 Å². The van der Waals surface area contributed by atoms with Gasteiger partial charge in [0.1, 0.15) is 5.66 Å². The van der Waals surface area contributed by atoms with E-state index >= 15 is 0 Å². The van der Waals surface area contributed by atoms with E-state index < -0.39 is 5.66 Å². The highest BCUT2D eigenvalue weighted by Gasteiger charge is 2.52. The Balaban J connectivity index is 1.41. The van der Waals surface area contributed by atoms with Crippen molar-refractivity contribution in [3.05, 3.63) is 64.2 Å². The first-order valence-corrected chi connectivity index (χ1v) is 11.3. The average Bonchev–Trinajstić information content (AvgIpc) is 3.05. The van der Waals surface area contributed by atoms with Crippen molar-refractivity contribution < 1.29 is 14.4 Å². The van der Waals surface area contributed by atoms with Gasteiger partial charge in [-0.2, -0.15) is 0 Å². The largest absolute Gasteiger partial charge is 0.356 e. The highest BCUT2D eigenvalue weighted by Crippen LogP contribution is 2.43. The molecule has 2 aromatic rings. The Morgan fingerprint density at radius 1 is 1.09 bits per heavy atom. The van der Waals surface area contributed by atoms with Crippen LogP contribution in [0, 0.1) is 20.8 Å². The summed E-state index contributed by atoms with van der Waals surface area (Å²) in [6, 6.07) is 11.6. The van der Waals surface area contributed by atoms with Gasteiger partial charge in [0.15, 0.2) is 0 Å². The standard InChI is InChI=1S/C26H31N3O3/c1-17-15-18(2)20(19(3)16-17)10-13-27-23(30)11-14-28-25(32)21-7-5-6-8-22(21)29-24(31)9-12-26(28,29)4/h5-8,15-16H,9-14H2,1-4H3,(H,27,30). The molecule has 0 aliphatic carbocycles. The predicted octanol–water partition coefficient (Wildman–Crippen LogP) is 3.66. The van der Waals surface area contributed by atoms with Crippen LogP contribution >= 0.6 is 0 Å². The highest BCUT2D eigenvalue weighted by atomic mass is 16.2. The van der Waals surface area contributed by atoms with Gasteiger partial charge in [-0.05, 0) is 69.4 Å². The van der Waals surface area contributed by atoms with Crippen LogP contribution in [0.4, 0.5) is 5.69 Å². The van der Waals surface area contributed by atoms with Crippen molar-refractivity contribution in [2.45, 2.75) is 59.0 Å². The molecule has 2 heterocycles. The van der Waals surface area contributed by atoms with E-state index in [0.717, 1.165) is 6.42 Å². The Morgan fingerprint density at radius 3 is 2.50 bits per heavy atom. The Morgan fingerprint density at radius 2 is 1.78 bits per heavy atom. The number of nitrogens with zero attached hydrogens (tertiary/aromatic N) is 2. The molecule has 0 aromatic heterocycles. The molecule has 0 radical (unpaired) electrons. The molecular formula is C26H31N3O3. The fraction of sp³-hybridized carbons (Fsp3) is 0.423. The van der Waals surface area contributed by atoms with Gasteiger partial charge in [0.2, 0.25) is 11.8 Å². The monoisotopic (exact) mass is 433 g/mol. The lowest BCUT2D eigenvalue weighted by atomic mass is 9.97. The Labute approximate surface area is 189 Å². The zero-order chi connectivity index (χ0) is 23.0. The van der Waals surface area contributed by atoms with E-state index in [2.05, 4.69) is 38.2 Å². The number of carbonyl (C=O) groups excluding carboxylic acids is 3. The number of anilines is 1. The van der Waals surface area contributed by atoms with Crippen LogP contribution < -0.4 is 10.2 Å². The summed E-state index contributed by atoms with van der Waals surface area (Å²) in [5, 5.41) is 3.00. The summed E-state index contributed by atoms with van der Waals surface area (Å²) in [6.07, 6.45) is 1.95. The second kappa shape index (κ2) is 8.41. The van der Waals surface area contributed by atoms with Crippen LogP contribution in [-0.2, 0) is 16.0 Å². The lowest BCUT2D eigenvalue weighted by Gasteiger charge is -2.48. The molecule has 32 heavy (non-hydrogen) atoms. The molecule has 0 spiro atoms. The molecule has 4 rings (SSSR count). The third-order valence-corrected chi connectivity index (χ3v) is 6.85. The topological polar surface area (TPSA) is 69.7 Å². The first kappa shape index (κ1) is 22.1. The summed E-state index contributed by atoms with van der Waals surface area (Å²) in [5.41, 5.74) is 5.47. The van der Waals surface area contributed by atoms with Crippen molar-refractivity contribution in [3.63, 3.8) is 0 Å². The smallest absolute Gasteiger partial charge is 0.257 e. The van der Waals surface area contributed by atoms with Crippen LogP contribution in [0.3, 0.4) is 0 Å². The number of hydrogen-bond acceptors (Lipinski definition) is 3. The van der Waals surface area contributed by atoms with Crippen LogP contribution in [0.1, 0.15) is 58.8 Å². The van der Waals surface area contributed by atoms with E-state index in [1.807, 2.05) is 19.1 Å². The molecule has 1 atom stereocenters. The molecule has 168 valence electrons. The quantitative estimate of drug-likeness (QED) is 0.756. The van der Waals surface area contributed by atoms with Crippen molar-refractivity contribution in [2.75, 3.05) is 18.0 Å². The Hall–Kier alpha value is -3.15. The summed E-state index contributed by atoms with van der Waals surface area (Å²) in [7, 11) is 0. The molecule has 1 unspecified atom stereocenters. The average molecular weight is 434 g/mol. The third-order valence-electron chi connectivity index (χ3n) is 6.85. The van der Waals surface area contributed by atoms with Crippen molar-refractivity contribution >= 4 is 23.4 Å². The van der Waals surface area contributed by atoms with E-state index in [-0.39, 0.29) is 30.7 Å². The molecule has 1 fully saturated rings. The lowest BCUT2D eigenvalue weighted by molar-refractivity contribution is -0.121. The molecule has 3 amide bonds. The van der Waals surface area contributed by atoms with Crippen LogP contribution in [0.5, 0.6) is 0 Å². The number of fused-ring (bicyclic) bond motifs is 3. The first-order chi connectivity index (χ1) is 15.2. The highest BCUT2D eigenvalue weighted by molar-refractivity contribution is 6.10. The molecule has 0 bridgehead atoms. The van der Waals surface area contributed by atoms with Crippen LogP contribution in [0.25, 0.3) is 0 Å². The van der Waals surface area contributed by atoms with Gasteiger partial charge in [-0.25, -0.2) is 0 Å². The number of carbonyl (C=O) groups is 3. The van der Waals surface area contributed by atoms with Crippen molar-refractivity contribution in [1.82, 2.24) is 10.2 Å². The number of aryl methyl sites for hydroxylation is 3. The van der Waals surface area contributed by atoms with E-state index in [1.54, 1.807) is 21.9 Å².